The summed E-state index contributed by atoms with van der Waals surface area (Å²) in [6.45, 7) is 0.322. The van der Waals surface area contributed by atoms with Crippen LogP contribution in [0.1, 0.15) is 12.0 Å². The van der Waals surface area contributed by atoms with E-state index in [-0.39, 0.29) is 4.90 Å². The minimum Gasteiger partial charge on any atom is -0.211 e. The maximum Gasteiger partial charge on any atom is 0.240 e. The Balaban J connectivity index is 1.85. The van der Waals surface area contributed by atoms with Gasteiger partial charge in [-0.3, -0.25) is 0 Å². The molecular formula is C15H15ClFNO2S. The molecule has 2 aromatic carbocycles. The molecule has 21 heavy (non-hydrogen) atoms. The van der Waals surface area contributed by atoms with Crippen molar-refractivity contribution in [3.05, 3.63) is 64.9 Å². The molecule has 0 spiro atoms. The fourth-order valence-corrected chi connectivity index (χ4v) is 3.05. The highest BCUT2D eigenvalue weighted by Gasteiger charge is 2.12. The van der Waals surface area contributed by atoms with Crippen molar-refractivity contribution >= 4 is 21.6 Å². The van der Waals surface area contributed by atoms with E-state index in [4.69, 9.17) is 11.6 Å². The van der Waals surface area contributed by atoms with Crippen molar-refractivity contribution in [2.75, 3.05) is 6.54 Å². The van der Waals surface area contributed by atoms with Crippen LogP contribution < -0.4 is 4.72 Å². The number of halogens is 2. The van der Waals surface area contributed by atoms with Gasteiger partial charge < -0.3 is 0 Å². The molecule has 0 amide bonds. The van der Waals surface area contributed by atoms with Gasteiger partial charge in [0.25, 0.3) is 0 Å². The maximum atomic E-state index is 12.8. The third-order valence-electron chi connectivity index (χ3n) is 2.97. The van der Waals surface area contributed by atoms with E-state index >= 15 is 0 Å². The number of rotatable bonds is 6. The van der Waals surface area contributed by atoms with Gasteiger partial charge in [-0.25, -0.2) is 17.5 Å². The van der Waals surface area contributed by atoms with E-state index in [2.05, 4.69) is 4.72 Å². The second kappa shape index (κ2) is 7.02. The van der Waals surface area contributed by atoms with Crippen LogP contribution in [0.3, 0.4) is 0 Å². The van der Waals surface area contributed by atoms with Gasteiger partial charge in [0.05, 0.1) is 4.90 Å². The first kappa shape index (κ1) is 15.9. The second-order valence-electron chi connectivity index (χ2n) is 4.58. The molecule has 0 saturated carbocycles. The Labute approximate surface area is 128 Å². The molecular weight excluding hydrogens is 313 g/mol. The number of aryl methyl sites for hydroxylation is 1. The summed E-state index contributed by atoms with van der Waals surface area (Å²) >= 11 is 5.79. The van der Waals surface area contributed by atoms with E-state index in [0.29, 0.717) is 18.0 Å². The SMILES string of the molecule is O=S(=O)(NCCCc1ccc(Cl)cc1)c1ccc(F)cc1. The molecule has 2 rings (SSSR count). The third-order valence-corrected chi connectivity index (χ3v) is 4.70. The van der Waals surface area contributed by atoms with Gasteiger partial charge in [0.15, 0.2) is 0 Å². The van der Waals surface area contributed by atoms with Crippen LogP contribution in [0.4, 0.5) is 4.39 Å². The molecule has 2 aromatic rings. The van der Waals surface area contributed by atoms with Crippen molar-refractivity contribution in [3.63, 3.8) is 0 Å². The first-order chi connectivity index (χ1) is 9.97. The summed E-state index contributed by atoms with van der Waals surface area (Å²) < 4.78 is 39.2. The van der Waals surface area contributed by atoms with Crippen molar-refractivity contribution in [2.45, 2.75) is 17.7 Å². The molecule has 0 atom stereocenters. The molecule has 0 fully saturated rings. The van der Waals surface area contributed by atoms with Crippen molar-refractivity contribution in [1.82, 2.24) is 4.72 Å². The highest BCUT2D eigenvalue weighted by molar-refractivity contribution is 7.89. The van der Waals surface area contributed by atoms with Crippen molar-refractivity contribution < 1.29 is 12.8 Å². The lowest BCUT2D eigenvalue weighted by Gasteiger charge is -2.07. The smallest absolute Gasteiger partial charge is 0.211 e. The average Bonchev–Trinajstić information content (AvgIpc) is 2.46. The summed E-state index contributed by atoms with van der Waals surface area (Å²) in [6, 6.07) is 12.2. The number of benzene rings is 2. The van der Waals surface area contributed by atoms with Crippen LogP contribution in [0.5, 0.6) is 0 Å². The monoisotopic (exact) mass is 327 g/mol. The number of hydrogen-bond donors (Lipinski definition) is 1. The normalized spacial score (nSPS) is 11.5. The lowest BCUT2D eigenvalue weighted by molar-refractivity contribution is 0.578. The summed E-state index contributed by atoms with van der Waals surface area (Å²) in [5, 5.41) is 0.677. The Kier molecular flexibility index (Phi) is 5.33. The molecule has 0 aliphatic carbocycles. The molecule has 0 aliphatic rings. The molecule has 0 saturated heterocycles. The van der Waals surface area contributed by atoms with Gasteiger partial charge in [-0.2, -0.15) is 0 Å². The van der Waals surface area contributed by atoms with Crippen LogP contribution in [0, 0.1) is 5.82 Å². The Hall–Kier alpha value is -1.43. The molecule has 0 heterocycles. The van der Waals surface area contributed by atoms with Crippen molar-refractivity contribution in [1.29, 1.82) is 0 Å². The van der Waals surface area contributed by atoms with Gasteiger partial charge in [-0.1, -0.05) is 23.7 Å². The van der Waals surface area contributed by atoms with Crippen molar-refractivity contribution in [2.24, 2.45) is 0 Å². The molecule has 6 heteroatoms. The fraction of sp³-hybridized carbons (Fsp3) is 0.200. The maximum absolute atomic E-state index is 12.8. The average molecular weight is 328 g/mol. The minimum atomic E-state index is -3.58. The summed E-state index contributed by atoms with van der Waals surface area (Å²) in [5.74, 6) is -0.461. The quantitative estimate of drug-likeness (QED) is 0.827. The van der Waals surface area contributed by atoms with Crippen molar-refractivity contribution in [3.8, 4) is 0 Å². The highest BCUT2D eigenvalue weighted by atomic mass is 35.5. The molecule has 3 nitrogen and oxygen atoms in total. The molecule has 0 aliphatic heterocycles. The van der Waals surface area contributed by atoms with Crippen LogP contribution in [0.2, 0.25) is 5.02 Å². The Morgan fingerprint density at radius 2 is 1.62 bits per heavy atom. The zero-order chi connectivity index (χ0) is 15.3. The number of nitrogens with one attached hydrogen (secondary N) is 1. The topological polar surface area (TPSA) is 46.2 Å². The van der Waals surface area contributed by atoms with Crippen LogP contribution in [0.15, 0.2) is 53.4 Å². The molecule has 0 aromatic heterocycles. The predicted molar refractivity (Wildman–Crippen MR) is 81.4 cm³/mol. The van der Waals surface area contributed by atoms with E-state index in [1.807, 2.05) is 12.1 Å². The Bertz CT molecular complexity index is 685. The largest absolute Gasteiger partial charge is 0.240 e. The minimum absolute atomic E-state index is 0.0652. The lowest BCUT2D eigenvalue weighted by Crippen LogP contribution is -2.25. The second-order valence-corrected chi connectivity index (χ2v) is 6.79. The van der Waals surface area contributed by atoms with E-state index < -0.39 is 15.8 Å². The Morgan fingerprint density at radius 1 is 1.00 bits per heavy atom. The number of sulfonamides is 1. The van der Waals surface area contributed by atoms with Gasteiger partial charge in [0.1, 0.15) is 5.82 Å². The van der Waals surface area contributed by atoms with E-state index in [9.17, 15) is 12.8 Å². The highest BCUT2D eigenvalue weighted by Crippen LogP contribution is 2.12. The fourth-order valence-electron chi connectivity index (χ4n) is 1.85. The van der Waals surface area contributed by atoms with Gasteiger partial charge in [0, 0.05) is 11.6 Å². The molecule has 0 unspecified atom stereocenters. The summed E-state index contributed by atoms with van der Waals surface area (Å²) in [6.07, 6.45) is 1.42. The lowest BCUT2D eigenvalue weighted by atomic mass is 10.1. The first-order valence-electron chi connectivity index (χ1n) is 6.47. The molecule has 112 valence electrons. The van der Waals surface area contributed by atoms with E-state index in [1.54, 1.807) is 12.1 Å². The third kappa shape index (κ3) is 4.81. The van der Waals surface area contributed by atoms with Crippen LogP contribution in [0.25, 0.3) is 0 Å². The summed E-state index contributed by atoms with van der Waals surface area (Å²) in [5.41, 5.74) is 1.10. The van der Waals surface area contributed by atoms with Gasteiger partial charge in [-0.05, 0) is 54.8 Å². The summed E-state index contributed by atoms with van der Waals surface area (Å²) in [4.78, 5) is 0.0652. The van der Waals surface area contributed by atoms with E-state index in [1.165, 1.54) is 12.1 Å². The van der Waals surface area contributed by atoms with Crippen LogP contribution in [-0.4, -0.2) is 15.0 Å². The van der Waals surface area contributed by atoms with Gasteiger partial charge >= 0.3 is 0 Å². The zero-order valence-electron chi connectivity index (χ0n) is 11.2. The van der Waals surface area contributed by atoms with Crippen LogP contribution in [-0.2, 0) is 16.4 Å². The molecule has 1 N–H and O–H groups in total. The standard InChI is InChI=1S/C15H15ClFNO2S/c16-13-5-3-12(4-6-13)2-1-11-18-21(19,20)15-9-7-14(17)8-10-15/h3-10,18H,1-2,11H2. The summed E-state index contributed by atoms with van der Waals surface area (Å²) in [7, 11) is -3.58. The molecule has 0 bridgehead atoms. The predicted octanol–water partition coefficient (Wildman–Crippen LogP) is 3.39. The first-order valence-corrected chi connectivity index (χ1v) is 8.33. The molecule has 0 radical (unpaired) electrons. The number of hydrogen-bond acceptors (Lipinski definition) is 2. The van der Waals surface area contributed by atoms with Gasteiger partial charge in [0.2, 0.25) is 10.0 Å². The van der Waals surface area contributed by atoms with E-state index in [0.717, 1.165) is 24.1 Å². The Morgan fingerprint density at radius 3 is 2.24 bits per heavy atom. The van der Waals surface area contributed by atoms with Crippen LogP contribution >= 0.6 is 11.6 Å². The van der Waals surface area contributed by atoms with Gasteiger partial charge in [-0.15, -0.1) is 0 Å². The zero-order valence-corrected chi connectivity index (χ0v) is 12.8.